The van der Waals surface area contributed by atoms with Crippen LogP contribution < -0.4 is 82.7 Å². The Bertz CT molecular complexity index is 3350. The molecule has 674 valence electrons. The monoisotopic (exact) mass is 1670 g/mol. The summed E-state index contributed by atoms with van der Waals surface area (Å²) in [6.07, 6.45) is 37.8. The average molecular weight is 1670 g/mol. The van der Waals surface area contributed by atoms with Crippen LogP contribution in [0.2, 0.25) is 0 Å². The molecule has 9 atom stereocenters. The molecule has 31 nitrogen and oxygen atoms in total. The lowest BCUT2D eigenvalue weighted by Crippen LogP contribution is -2.60. The molecule has 2 saturated heterocycles. The first kappa shape index (κ1) is 103. The number of amides is 11. The number of hydrogen-bond donors (Lipinski definition) is 16. The van der Waals surface area contributed by atoms with E-state index in [1.165, 1.54) is 120 Å². The van der Waals surface area contributed by atoms with Gasteiger partial charge in [-0.3, -0.25) is 62.7 Å². The number of aliphatic imine (C=N–C) groups is 2. The number of carbonyl (C=O) groups excluding carboxylic acids is 11. The fraction of sp³-hybridized carbons (Fsp3) is 0.761. The van der Waals surface area contributed by atoms with E-state index in [-0.39, 0.29) is 139 Å². The molecule has 2 fully saturated rings. The number of para-hydroxylation sites is 1. The molecular weight excluding hydrogens is 1510 g/mol. The predicted molar refractivity (Wildman–Crippen MR) is 472 cm³/mol. The number of rotatable bonds is 69. The van der Waals surface area contributed by atoms with Crippen LogP contribution in [0.5, 0.6) is 0 Å². The number of fused-ring (bicyclic) bond motifs is 1. The van der Waals surface area contributed by atoms with Gasteiger partial charge in [-0.15, -0.1) is 0 Å². The molecule has 0 saturated carbocycles. The highest BCUT2D eigenvalue weighted by molar-refractivity contribution is 5.99. The van der Waals surface area contributed by atoms with E-state index in [1.54, 1.807) is 11.1 Å². The van der Waals surface area contributed by atoms with Crippen LogP contribution in [-0.2, 0) is 59.2 Å². The van der Waals surface area contributed by atoms with Gasteiger partial charge in [0.2, 0.25) is 65.0 Å². The third-order valence-corrected chi connectivity index (χ3v) is 22.9. The number of unbranched alkanes of at least 4 members (excludes halogenated alkanes) is 27. The highest BCUT2D eigenvalue weighted by atomic mass is 16.2. The number of H-pyrrole nitrogens is 1. The SMILES string of the molecule is CCCCCCCCCCCCCCCC(=O)NCCCCC(NC(=O)CCCCCCCCCCCCCCC)C(=O)NC(CCCCN)C(=O)NC(CCCN=C(N)N)C(=O)NC(CCCCN)C(=O)NC(CCCN=C(N)N)C(=O)NC(Cc1c[nH]c2ccccc12)C(=O)NC(CCC(N)=O)C(=O)N1CCCC1C(=O)N1CCCC1C. The van der Waals surface area contributed by atoms with E-state index in [4.69, 9.17) is 40.1 Å². The maximum absolute atomic E-state index is 15.2. The van der Waals surface area contributed by atoms with Crippen molar-refractivity contribution < 1.29 is 52.7 Å². The molecule has 119 heavy (non-hydrogen) atoms. The number of benzene rings is 1. The molecule has 0 aliphatic carbocycles. The summed E-state index contributed by atoms with van der Waals surface area (Å²) in [5.41, 5.74) is 41.8. The number of hydrogen-bond acceptors (Lipinski definition) is 15. The molecule has 2 aliphatic rings. The summed E-state index contributed by atoms with van der Waals surface area (Å²) in [6, 6.07) is -2.79. The lowest BCUT2D eigenvalue weighted by Gasteiger charge is -2.33. The second-order valence-corrected chi connectivity index (χ2v) is 33.1. The van der Waals surface area contributed by atoms with Crippen molar-refractivity contribution in [3.05, 3.63) is 36.0 Å². The molecule has 31 heteroatoms. The largest absolute Gasteiger partial charge is 0.370 e. The Balaban J connectivity index is 1.59. The zero-order valence-corrected chi connectivity index (χ0v) is 72.8. The molecular formula is C88H156N20O11. The number of likely N-dealkylation sites (tertiary alicyclic amines) is 2. The standard InChI is InChI=1S/C88H156N20O11/c1-4-6-8-10-12-14-16-18-20-22-24-26-28-51-77(110)96-57-37-34-47-68(100-78(111)52-29-27-25-23-21-19-17-15-13-11-9-7-5-2)79(112)101-69(45-32-35-55-89)80(113)103-71(48-38-58-97-87(92)93)82(115)102-70(46-33-36-56-90)81(114)104-72(49-39-59-98-88(94)95)83(116)106-74(62-65-63-99-67-44-31-30-43-66(65)67)84(117)105-73(53-54-76(91)109)85(118)108-61-41-50-75(108)86(119)107-60-40-42-64(107)3/h30-31,43-44,63-64,68-75,99H,4-29,32-42,45-62,89-90H2,1-3H3,(H2,91,109)(H,96,110)(H,100,111)(H,101,112)(H,102,115)(H,103,113)(H,104,114)(H,105,117)(H,106,116)(H4,92,93,97)(H4,94,95,98). The maximum Gasteiger partial charge on any atom is 0.245 e. The van der Waals surface area contributed by atoms with Crippen molar-refractivity contribution in [2.75, 3.05) is 45.8 Å². The van der Waals surface area contributed by atoms with Gasteiger partial charge in [-0.1, -0.05) is 186 Å². The Kier molecular flexibility index (Phi) is 54.0. The number of aromatic nitrogens is 1. The highest BCUT2D eigenvalue weighted by Crippen LogP contribution is 2.27. The van der Waals surface area contributed by atoms with Gasteiger partial charge in [0.15, 0.2) is 11.9 Å². The van der Waals surface area contributed by atoms with Crippen LogP contribution in [0.25, 0.3) is 10.9 Å². The van der Waals surface area contributed by atoms with Crippen LogP contribution in [0.3, 0.4) is 0 Å². The van der Waals surface area contributed by atoms with Gasteiger partial charge in [-0.25, -0.2) is 0 Å². The van der Waals surface area contributed by atoms with E-state index in [9.17, 15) is 33.6 Å². The van der Waals surface area contributed by atoms with Crippen LogP contribution in [-0.4, -0.2) is 192 Å². The zero-order chi connectivity index (χ0) is 86.8. The Morgan fingerprint density at radius 1 is 0.420 bits per heavy atom. The quantitative estimate of drug-likeness (QED) is 0.0169. The number of guanidine groups is 2. The van der Waals surface area contributed by atoms with Crippen molar-refractivity contribution in [2.45, 2.75) is 383 Å². The first-order valence-corrected chi connectivity index (χ1v) is 45.8. The van der Waals surface area contributed by atoms with Crippen LogP contribution >= 0.6 is 0 Å². The smallest absolute Gasteiger partial charge is 0.245 e. The van der Waals surface area contributed by atoms with Crippen molar-refractivity contribution in [3.8, 4) is 0 Å². The predicted octanol–water partition coefficient (Wildman–Crippen LogP) is 7.99. The molecule has 0 spiro atoms. The minimum Gasteiger partial charge on any atom is -0.370 e. The van der Waals surface area contributed by atoms with Crippen molar-refractivity contribution in [2.24, 2.45) is 50.1 Å². The van der Waals surface area contributed by atoms with Crippen molar-refractivity contribution in [1.82, 2.24) is 57.3 Å². The molecule has 2 aliphatic heterocycles. The molecule has 1 aromatic carbocycles. The second kappa shape index (κ2) is 62.5. The summed E-state index contributed by atoms with van der Waals surface area (Å²) in [5, 5.41) is 23.8. The summed E-state index contributed by atoms with van der Waals surface area (Å²) in [6.45, 7) is 8.16. The highest BCUT2D eigenvalue weighted by Gasteiger charge is 2.42. The maximum atomic E-state index is 15.2. The summed E-state index contributed by atoms with van der Waals surface area (Å²) < 4.78 is 0. The van der Waals surface area contributed by atoms with Gasteiger partial charge in [0.1, 0.15) is 48.3 Å². The van der Waals surface area contributed by atoms with Gasteiger partial charge < -0.3 is 97.5 Å². The van der Waals surface area contributed by atoms with Gasteiger partial charge in [-0.2, -0.15) is 0 Å². The number of carbonyl (C=O) groups is 11. The third-order valence-electron chi connectivity index (χ3n) is 22.9. The van der Waals surface area contributed by atoms with E-state index < -0.39 is 95.6 Å². The molecule has 9 unspecified atom stereocenters. The summed E-state index contributed by atoms with van der Waals surface area (Å²) in [5.74, 6) is -6.92. The zero-order valence-electron chi connectivity index (χ0n) is 72.8. The van der Waals surface area contributed by atoms with Crippen LogP contribution in [0.4, 0.5) is 0 Å². The molecule has 0 radical (unpaired) electrons. The first-order valence-electron chi connectivity index (χ1n) is 45.8. The van der Waals surface area contributed by atoms with Crippen molar-refractivity contribution in [1.29, 1.82) is 0 Å². The normalized spacial score (nSPS) is 15.6. The van der Waals surface area contributed by atoms with Gasteiger partial charge >= 0.3 is 0 Å². The summed E-state index contributed by atoms with van der Waals surface area (Å²) in [7, 11) is 0. The average Bonchev–Trinajstić information content (AvgIpc) is 1.68. The number of nitrogens with one attached hydrogen (secondary N) is 9. The van der Waals surface area contributed by atoms with E-state index >= 15 is 19.2 Å². The fourth-order valence-electron chi connectivity index (χ4n) is 15.8. The second-order valence-electron chi connectivity index (χ2n) is 33.1. The molecule has 11 amide bonds. The fourth-order valence-corrected chi connectivity index (χ4v) is 15.8. The van der Waals surface area contributed by atoms with Crippen LogP contribution in [0.15, 0.2) is 40.4 Å². The van der Waals surface area contributed by atoms with Gasteiger partial charge in [0.25, 0.3) is 0 Å². The topological polar surface area (TPSA) is 513 Å². The molecule has 3 heterocycles. The minimum absolute atomic E-state index is 0.00522. The van der Waals surface area contributed by atoms with E-state index in [0.717, 1.165) is 68.7 Å². The molecule has 2 aromatic rings. The van der Waals surface area contributed by atoms with E-state index in [0.29, 0.717) is 82.9 Å². The van der Waals surface area contributed by atoms with Crippen LogP contribution in [0, 0.1) is 0 Å². The van der Waals surface area contributed by atoms with Crippen molar-refractivity contribution >= 4 is 87.8 Å². The number of aromatic amines is 1. The molecule has 23 N–H and O–H groups in total. The first-order chi connectivity index (χ1) is 57.5. The van der Waals surface area contributed by atoms with Gasteiger partial charge in [-0.05, 0) is 160 Å². The number of primary amides is 1. The Morgan fingerprint density at radius 2 is 0.807 bits per heavy atom. The minimum atomic E-state index is -1.45. The van der Waals surface area contributed by atoms with Gasteiger partial charge in [0, 0.05) is 81.5 Å². The molecule has 0 bridgehead atoms. The van der Waals surface area contributed by atoms with Crippen molar-refractivity contribution in [3.63, 3.8) is 0 Å². The summed E-state index contributed by atoms with van der Waals surface area (Å²) >= 11 is 0. The third kappa shape index (κ3) is 43.5. The Hall–Kier alpha value is -8.61. The molecule has 4 rings (SSSR count). The lowest BCUT2D eigenvalue weighted by molar-refractivity contribution is -0.146. The number of nitrogens with zero attached hydrogens (tertiary/aromatic N) is 4. The lowest BCUT2D eigenvalue weighted by atomic mass is 10.0. The van der Waals surface area contributed by atoms with E-state index in [1.807, 2.05) is 31.2 Å². The Labute approximate surface area is 709 Å². The number of nitrogens with two attached hydrogens (primary N) is 7. The van der Waals surface area contributed by atoms with Gasteiger partial charge in [0.05, 0.1) is 0 Å². The van der Waals surface area contributed by atoms with E-state index in [2.05, 4.69) is 71.4 Å². The summed E-state index contributed by atoms with van der Waals surface area (Å²) in [4.78, 5) is 173. The molecule has 1 aromatic heterocycles. The Morgan fingerprint density at radius 3 is 1.24 bits per heavy atom. The van der Waals surface area contributed by atoms with Crippen LogP contribution in [0.1, 0.15) is 328 Å².